The lowest BCUT2D eigenvalue weighted by molar-refractivity contribution is -0.0249. The molecular weight excluding hydrogens is 440 g/mol. The van der Waals surface area contributed by atoms with Crippen LogP contribution in [-0.2, 0) is 20.7 Å². The van der Waals surface area contributed by atoms with Crippen LogP contribution in [0.25, 0.3) is 0 Å². The molecule has 0 aliphatic heterocycles. The van der Waals surface area contributed by atoms with Gasteiger partial charge in [0.25, 0.3) is 0 Å². The average Bonchev–Trinajstić information content (AvgIpc) is 2.95. The van der Waals surface area contributed by atoms with Crippen molar-refractivity contribution in [2.45, 2.75) is 50.7 Å². The zero-order chi connectivity index (χ0) is 24.8. The number of hydrogen-bond acceptors (Lipinski definition) is 2. The molecule has 184 valence electrons. The molecule has 4 aromatic rings. The van der Waals surface area contributed by atoms with Crippen LogP contribution in [0.3, 0.4) is 0 Å². The summed E-state index contributed by atoms with van der Waals surface area (Å²) in [5, 5.41) is 0. The molecule has 0 saturated heterocycles. The topological polar surface area (TPSA) is 18.5 Å². The third-order valence-electron chi connectivity index (χ3n) is 7.36. The first-order valence-electron chi connectivity index (χ1n) is 13.4. The normalized spacial score (nSPS) is 20.5. The summed E-state index contributed by atoms with van der Waals surface area (Å²) in [4.78, 5) is 0. The number of fused-ring (bicyclic) bond motifs is 2. The van der Waals surface area contributed by atoms with Crippen molar-refractivity contribution in [2.24, 2.45) is 0 Å². The van der Waals surface area contributed by atoms with E-state index in [0.717, 1.165) is 59.1 Å². The van der Waals surface area contributed by atoms with Gasteiger partial charge in [0.05, 0.1) is 0 Å². The van der Waals surface area contributed by atoms with E-state index in [1.165, 1.54) is 0 Å². The summed E-state index contributed by atoms with van der Waals surface area (Å²) in [5.74, 6) is 0. The molecule has 0 radical (unpaired) electrons. The SMILES string of the molecule is CCCCOC1(c2ccccc2)c2ccccc2C(OCCCC)(c2ccccc2)c2ccccc21. The van der Waals surface area contributed by atoms with E-state index in [1.807, 2.05) is 0 Å². The maximum absolute atomic E-state index is 7.05. The van der Waals surface area contributed by atoms with Crippen LogP contribution < -0.4 is 0 Å². The lowest BCUT2D eigenvalue weighted by atomic mass is 9.63. The van der Waals surface area contributed by atoms with Gasteiger partial charge in [0.15, 0.2) is 0 Å². The van der Waals surface area contributed by atoms with Crippen molar-refractivity contribution in [3.63, 3.8) is 0 Å². The third kappa shape index (κ3) is 3.99. The second-order valence-corrected chi connectivity index (χ2v) is 9.59. The molecule has 1 aliphatic rings. The highest BCUT2D eigenvalue weighted by Crippen LogP contribution is 2.56. The smallest absolute Gasteiger partial charge is 0.144 e. The number of ether oxygens (including phenoxy) is 2. The summed E-state index contributed by atoms with van der Waals surface area (Å²) in [6.07, 6.45) is 4.19. The van der Waals surface area contributed by atoms with Gasteiger partial charge in [-0.15, -0.1) is 0 Å². The van der Waals surface area contributed by atoms with Gasteiger partial charge in [-0.1, -0.05) is 136 Å². The standard InChI is InChI=1S/C34H36O2/c1-3-5-25-35-33(27-17-9-7-10-18-27)29-21-13-15-23-31(29)34(36-26-6-4-2,28-19-11-8-12-20-28)32-24-16-14-22-30(32)33/h7-24H,3-6,25-26H2,1-2H3. The van der Waals surface area contributed by atoms with Crippen molar-refractivity contribution in [2.75, 3.05) is 13.2 Å². The predicted octanol–water partition coefficient (Wildman–Crippen LogP) is 8.22. The molecule has 4 aromatic carbocycles. The van der Waals surface area contributed by atoms with Crippen LogP contribution >= 0.6 is 0 Å². The molecule has 0 heterocycles. The van der Waals surface area contributed by atoms with E-state index in [4.69, 9.17) is 9.47 Å². The Morgan fingerprint density at radius 3 is 1.06 bits per heavy atom. The van der Waals surface area contributed by atoms with Crippen molar-refractivity contribution in [3.8, 4) is 0 Å². The van der Waals surface area contributed by atoms with Crippen LogP contribution in [0.1, 0.15) is 72.9 Å². The Morgan fingerprint density at radius 2 is 0.750 bits per heavy atom. The largest absolute Gasteiger partial charge is 0.361 e. The summed E-state index contributed by atoms with van der Waals surface area (Å²) < 4.78 is 14.1. The Hall–Kier alpha value is -3.20. The van der Waals surface area contributed by atoms with Gasteiger partial charge in [-0.2, -0.15) is 0 Å². The molecule has 0 unspecified atom stereocenters. The fourth-order valence-corrected chi connectivity index (χ4v) is 5.67. The molecule has 0 aromatic heterocycles. The molecule has 0 bridgehead atoms. The molecule has 0 atom stereocenters. The van der Waals surface area contributed by atoms with Crippen molar-refractivity contribution in [3.05, 3.63) is 143 Å². The van der Waals surface area contributed by atoms with Crippen LogP contribution in [0.15, 0.2) is 109 Å². The van der Waals surface area contributed by atoms with Crippen molar-refractivity contribution in [1.82, 2.24) is 0 Å². The zero-order valence-corrected chi connectivity index (χ0v) is 21.5. The van der Waals surface area contributed by atoms with Gasteiger partial charge >= 0.3 is 0 Å². The maximum Gasteiger partial charge on any atom is 0.144 e. The molecule has 0 spiro atoms. The quantitative estimate of drug-likeness (QED) is 0.215. The fourth-order valence-electron chi connectivity index (χ4n) is 5.67. The lowest BCUT2D eigenvalue weighted by Gasteiger charge is -2.49. The Kier molecular flexibility index (Phi) is 7.36. The van der Waals surface area contributed by atoms with Crippen molar-refractivity contribution in [1.29, 1.82) is 0 Å². The Labute approximate surface area is 215 Å². The molecule has 0 amide bonds. The summed E-state index contributed by atoms with van der Waals surface area (Å²) in [6, 6.07) is 38.9. The number of hydrogen-bond donors (Lipinski definition) is 0. The highest BCUT2D eigenvalue weighted by molar-refractivity contribution is 5.65. The molecule has 2 nitrogen and oxygen atoms in total. The lowest BCUT2D eigenvalue weighted by Crippen LogP contribution is -2.47. The molecule has 5 rings (SSSR count). The number of rotatable bonds is 10. The van der Waals surface area contributed by atoms with E-state index in [0.29, 0.717) is 13.2 Å². The first-order chi connectivity index (χ1) is 17.8. The Morgan fingerprint density at radius 1 is 0.444 bits per heavy atom. The summed E-state index contributed by atoms with van der Waals surface area (Å²) in [6.45, 7) is 5.79. The van der Waals surface area contributed by atoms with Crippen LogP contribution in [0, 0.1) is 0 Å². The van der Waals surface area contributed by atoms with Gasteiger partial charge in [0.1, 0.15) is 11.2 Å². The average molecular weight is 477 g/mol. The first kappa shape index (κ1) is 24.5. The number of benzene rings is 4. The molecule has 1 aliphatic carbocycles. The van der Waals surface area contributed by atoms with Gasteiger partial charge in [0.2, 0.25) is 0 Å². The monoisotopic (exact) mass is 476 g/mol. The zero-order valence-electron chi connectivity index (χ0n) is 21.5. The van der Waals surface area contributed by atoms with Crippen LogP contribution in [0.2, 0.25) is 0 Å². The van der Waals surface area contributed by atoms with Gasteiger partial charge in [-0.25, -0.2) is 0 Å². The van der Waals surface area contributed by atoms with Gasteiger partial charge in [0, 0.05) is 13.2 Å². The minimum absolute atomic E-state index is 0.684. The molecule has 36 heavy (non-hydrogen) atoms. The number of unbranched alkanes of at least 4 members (excludes halogenated alkanes) is 2. The second-order valence-electron chi connectivity index (χ2n) is 9.59. The molecule has 0 saturated carbocycles. The first-order valence-corrected chi connectivity index (χ1v) is 13.4. The molecule has 2 heteroatoms. The van der Waals surface area contributed by atoms with E-state index < -0.39 is 11.2 Å². The molecule has 0 N–H and O–H groups in total. The van der Waals surface area contributed by atoms with Crippen LogP contribution in [0.5, 0.6) is 0 Å². The third-order valence-corrected chi connectivity index (χ3v) is 7.36. The van der Waals surface area contributed by atoms with Crippen LogP contribution in [0.4, 0.5) is 0 Å². The Balaban J connectivity index is 1.86. The highest BCUT2D eigenvalue weighted by atomic mass is 16.5. The van der Waals surface area contributed by atoms with Gasteiger partial charge in [-0.3, -0.25) is 0 Å². The predicted molar refractivity (Wildman–Crippen MR) is 147 cm³/mol. The summed E-state index contributed by atoms with van der Waals surface area (Å²) in [5.41, 5.74) is 5.51. The van der Waals surface area contributed by atoms with E-state index in [-0.39, 0.29) is 0 Å². The van der Waals surface area contributed by atoms with E-state index >= 15 is 0 Å². The van der Waals surface area contributed by atoms with Gasteiger partial charge in [-0.05, 0) is 46.2 Å². The highest BCUT2D eigenvalue weighted by Gasteiger charge is 2.53. The Bertz CT molecular complexity index is 1120. The van der Waals surface area contributed by atoms with Gasteiger partial charge < -0.3 is 9.47 Å². The summed E-state index contributed by atoms with van der Waals surface area (Å²) in [7, 11) is 0. The second kappa shape index (κ2) is 10.8. The van der Waals surface area contributed by atoms with E-state index in [1.54, 1.807) is 0 Å². The minimum atomic E-state index is -0.712. The molecule has 0 fully saturated rings. The minimum Gasteiger partial charge on any atom is -0.361 e. The van der Waals surface area contributed by atoms with E-state index in [9.17, 15) is 0 Å². The van der Waals surface area contributed by atoms with Crippen molar-refractivity contribution < 1.29 is 9.47 Å². The maximum atomic E-state index is 7.05. The molecular formula is C34H36O2. The van der Waals surface area contributed by atoms with Crippen LogP contribution in [-0.4, -0.2) is 13.2 Å². The summed E-state index contributed by atoms with van der Waals surface area (Å²) >= 11 is 0. The van der Waals surface area contributed by atoms with Crippen molar-refractivity contribution >= 4 is 0 Å². The van der Waals surface area contributed by atoms with E-state index in [2.05, 4.69) is 123 Å². The fraction of sp³-hybridized carbons (Fsp3) is 0.294.